The molecule has 0 amide bonds. The third-order valence-corrected chi connectivity index (χ3v) is 5.10. The van der Waals surface area contributed by atoms with E-state index in [1.165, 1.54) is 11.1 Å². The monoisotopic (exact) mass is 369 g/mol. The molecule has 2 aromatic rings. The van der Waals surface area contributed by atoms with E-state index < -0.39 is 17.5 Å². The van der Waals surface area contributed by atoms with E-state index in [1.807, 2.05) is 44.2 Å². The Labute approximate surface area is 162 Å². The van der Waals surface area contributed by atoms with Gasteiger partial charge in [0.05, 0.1) is 5.92 Å². The van der Waals surface area contributed by atoms with E-state index >= 15 is 0 Å². The summed E-state index contributed by atoms with van der Waals surface area (Å²) in [5.74, 6) is 5.09. The van der Waals surface area contributed by atoms with Crippen molar-refractivity contribution in [3.63, 3.8) is 0 Å². The van der Waals surface area contributed by atoms with Gasteiger partial charge in [-0.25, -0.2) is 4.79 Å². The molecule has 0 aliphatic rings. The summed E-state index contributed by atoms with van der Waals surface area (Å²) < 4.78 is 6.33. The smallest absolute Gasteiger partial charge is 0.331 e. The molecule has 0 aliphatic heterocycles. The molecule has 0 fully saturated rings. The lowest BCUT2D eigenvalue weighted by atomic mass is 9.82. The first kappa shape index (κ1) is 21.0. The van der Waals surface area contributed by atoms with Crippen LogP contribution in [0.3, 0.4) is 0 Å². The Morgan fingerprint density at radius 3 is 2.22 bits per heavy atom. The molecule has 0 radical (unpaired) electrons. The highest BCUT2D eigenvalue weighted by Crippen LogP contribution is 2.33. The zero-order valence-electron chi connectivity index (χ0n) is 16.6. The van der Waals surface area contributed by atoms with Crippen molar-refractivity contribution in [3.05, 3.63) is 65.7 Å². The van der Waals surface area contributed by atoms with Gasteiger partial charge in [-0.15, -0.1) is 0 Å². The largest absolute Gasteiger partial charge is 0.487 e. The first-order valence-corrected chi connectivity index (χ1v) is 9.74. The van der Waals surface area contributed by atoms with Crippen molar-refractivity contribution >= 4 is 5.97 Å². The maximum atomic E-state index is 12.2. The zero-order chi connectivity index (χ0) is 19.7. The summed E-state index contributed by atoms with van der Waals surface area (Å²) >= 11 is 0. The van der Waals surface area contributed by atoms with Crippen LogP contribution in [0.2, 0.25) is 0 Å². The van der Waals surface area contributed by atoms with Gasteiger partial charge in [-0.05, 0) is 55.9 Å². The van der Waals surface area contributed by atoms with Crippen molar-refractivity contribution in [2.24, 2.45) is 11.8 Å². The molecule has 0 spiro atoms. The second kappa shape index (κ2) is 10.1. The number of hydrogen-bond acceptors (Lipinski definition) is 4. The summed E-state index contributed by atoms with van der Waals surface area (Å²) in [5, 5.41) is 0. The normalized spacial score (nSPS) is 14.2. The molecule has 0 aliphatic carbocycles. The lowest BCUT2D eigenvalue weighted by Gasteiger charge is -2.36. The van der Waals surface area contributed by atoms with Crippen LogP contribution >= 0.6 is 0 Å². The van der Waals surface area contributed by atoms with E-state index in [1.54, 1.807) is 0 Å². The first-order valence-electron chi connectivity index (χ1n) is 9.74. The van der Waals surface area contributed by atoms with E-state index in [4.69, 9.17) is 10.6 Å². The maximum absolute atomic E-state index is 12.2. The fourth-order valence-electron chi connectivity index (χ4n) is 3.53. The van der Waals surface area contributed by atoms with E-state index in [9.17, 15) is 4.79 Å². The average molecular weight is 370 g/mol. The van der Waals surface area contributed by atoms with Crippen molar-refractivity contribution in [1.82, 2.24) is 0 Å². The van der Waals surface area contributed by atoms with Gasteiger partial charge in [-0.3, -0.25) is 0 Å². The Morgan fingerprint density at radius 1 is 1.04 bits per heavy atom. The Kier molecular flexibility index (Phi) is 7.86. The summed E-state index contributed by atoms with van der Waals surface area (Å²) in [6.45, 7) is 6.06. The number of unbranched alkanes of at least 4 members (excludes halogenated alkanes) is 1. The van der Waals surface area contributed by atoms with Crippen molar-refractivity contribution in [2.45, 2.75) is 58.5 Å². The number of carbonyl (C=O) groups is 1. The Bertz CT molecular complexity index is 699. The van der Waals surface area contributed by atoms with E-state index in [0.717, 1.165) is 31.4 Å². The molecule has 2 N–H and O–H groups in total. The van der Waals surface area contributed by atoms with Crippen LogP contribution in [0.25, 0.3) is 0 Å². The fraction of sp³-hybridized carbons (Fsp3) is 0.435. The highest BCUT2D eigenvalue weighted by Gasteiger charge is 2.40. The number of hydrogen-bond donors (Lipinski definition) is 1. The zero-order valence-corrected chi connectivity index (χ0v) is 16.6. The molecule has 2 rings (SSSR count). The molecule has 27 heavy (non-hydrogen) atoms. The second-order valence-corrected chi connectivity index (χ2v) is 7.22. The molecular formula is C23H31NO3. The summed E-state index contributed by atoms with van der Waals surface area (Å²) in [6.07, 6.45) is 4.26. The first-order chi connectivity index (χ1) is 13.0. The molecular weight excluding hydrogens is 338 g/mol. The van der Waals surface area contributed by atoms with Crippen molar-refractivity contribution in [3.8, 4) is 5.75 Å². The van der Waals surface area contributed by atoms with Crippen molar-refractivity contribution in [1.29, 1.82) is 0 Å². The Morgan fingerprint density at radius 2 is 1.67 bits per heavy atom. The predicted molar refractivity (Wildman–Crippen MR) is 108 cm³/mol. The predicted octanol–water partition coefficient (Wildman–Crippen LogP) is 5.05. The third kappa shape index (κ3) is 5.83. The summed E-state index contributed by atoms with van der Waals surface area (Å²) in [7, 11) is 0. The van der Waals surface area contributed by atoms with Crippen LogP contribution in [-0.2, 0) is 16.1 Å². The van der Waals surface area contributed by atoms with Gasteiger partial charge in [0.1, 0.15) is 11.4 Å². The lowest BCUT2D eigenvalue weighted by Crippen LogP contribution is -2.46. The van der Waals surface area contributed by atoms with Crippen molar-refractivity contribution in [2.75, 3.05) is 0 Å². The van der Waals surface area contributed by atoms with Gasteiger partial charge in [0.15, 0.2) is 0 Å². The van der Waals surface area contributed by atoms with E-state index in [2.05, 4.69) is 36.0 Å². The minimum absolute atomic E-state index is 0.405. The van der Waals surface area contributed by atoms with Crippen LogP contribution in [0.5, 0.6) is 5.75 Å². The minimum Gasteiger partial charge on any atom is -0.487 e. The lowest BCUT2D eigenvalue weighted by molar-refractivity contribution is -0.157. The van der Waals surface area contributed by atoms with Crippen LogP contribution in [0.15, 0.2) is 54.6 Å². The summed E-state index contributed by atoms with van der Waals surface area (Å²) in [4.78, 5) is 16.7. The van der Waals surface area contributed by atoms with Crippen molar-refractivity contribution < 1.29 is 14.4 Å². The molecule has 2 aromatic carbocycles. The molecule has 0 heterocycles. The summed E-state index contributed by atoms with van der Waals surface area (Å²) in [6, 6.07) is 18.5. The maximum Gasteiger partial charge on any atom is 0.331 e. The standard InChI is InChI=1S/C23H31NO3/c1-4-6-16-23(3,21(5-2)22(25)27-24)26-20-14-12-19(13-15-20)17-18-10-8-7-9-11-18/h7-15,21H,4-6,16-17,24H2,1-3H3. The Balaban J connectivity index is 2.15. The van der Waals surface area contributed by atoms with Gasteiger partial charge in [0.25, 0.3) is 0 Å². The second-order valence-electron chi connectivity index (χ2n) is 7.22. The molecule has 2 atom stereocenters. The number of nitrogens with two attached hydrogens (primary N) is 1. The fourth-order valence-corrected chi connectivity index (χ4v) is 3.53. The number of ether oxygens (including phenoxy) is 1. The molecule has 0 saturated carbocycles. The highest BCUT2D eigenvalue weighted by atomic mass is 16.7. The molecule has 4 nitrogen and oxygen atoms in total. The quantitative estimate of drug-likeness (QED) is 0.595. The van der Waals surface area contributed by atoms with Crippen LogP contribution in [0, 0.1) is 5.92 Å². The van der Waals surface area contributed by atoms with Crippen LogP contribution in [0.4, 0.5) is 0 Å². The molecule has 2 unspecified atom stereocenters. The van der Waals surface area contributed by atoms with Gasteiger partial charge >= 0.3 is 5.97 Å². The molecule has 0 saturated heterocycles. The number of carbonyl (C=O) groups excluding carboxylic acids is 1. The summed E-state index contributed by atoms with van der Waals surface area (Å²) in [5.41, 5.74) is 1.84. The molecule has 146 valence electrons. The van der Waals surface area contributed by atoms with Gasteiger partial charge in [-0.2, -0.15) is 5.90 Å². The van der Waals surface area contributed by atoms with Gasteiger partial charge in [0, 0.05) is 0 Å². The Hall–Kier alpha value is -2.33. The molecule has 0 bridgehead atoms. The number of benzene rings is 2. The van der Waals surface area contributed by atoms with Crippen LogP contribution in [0.1, 0.15) is 57.6 Å². The van der Waals surface area contributed by atoms with Gasteiger partial charge in [-0.1, -0.05) is 62.7 Å². The topological polar surface area (TPSA) is 61.5 Å². The molecule has 0 aromatic heterocycles. The van der Waals surface area contributed by atoms with Gasteiger partial charge < -0.3 is 9.57 Å². The third-order valence-electron chi connectivity index (χ3n) is 5.10. The number of rotatable bonds is 10. The van der Waals surface area contributed by atoms with E-state index in [-0.39, 0.29) is 0 Å². The van der Waals surface area contributed by atoms with Crippen LogP contribution in [-0.4, -0.2) is 11.6 Å². The molecule has 4 heteroatoms. The van der Waals surface area contributed by atoms with Gasteiger partial charge in [0.2, 0.25) is 0 Å². The minimum atomic E-state index is -0.651. The highest BCUT2D eigenvalue weighted by molar-refractivity contribution is 5.73. The average Bonchev–Trinajstić information content (AvgIpc) is 2.69. The van der Waals surface area contributed by atoms with Crippen LogP contribution < -0.4 is 10.6 Å². The SMILES string of the molecule is CCCCC(C)(Oc1ccc(Cc2ccccc2)cc1)C(CC)C(=O)ON. The van der Waals surface area contributed by atoms with E-state index in [0.29, 0.717) is 6.42 Å².